The average Bonchev–Trinajstić information content (AvgIpc) is 2.99. The zero-order valence-electron chi connectivity index (χ0n) is 12.9. The van der Waals surface area contributed by atoms with Gasteiger partial charge < -0.3 is 5.21 Å². The molecule has 0 aliphatic carbocycles. The molecular weight excluding hydrogens is 338 g/mol. The van der Waals surface area contributed by atoms with Crippen LogP contribution in [0.4, 0.5) is 5.69 Å². The summed E-state index contributed by atoms with van der Waals surface area (Å²) in [5.41, 5.74) is 2.53. The molecule has 0 aliphatic heterocycles. The molecule has 0 saturated carbocycles. The van der Waals surface area contributed by atoms with Gasteiger partial charge in [0.2, 0.25) is 0 Å². The summed E-state index contributed by atoms with van der Waals surface area (Å²) in [6.07, 6.45) is 1.76. The minimum Gasteiger partial charge on any atom is -0.595 e. The molecule has 4 aromatic rings. The minimum absolute atomic E-state index is 0.159. The van der Waals surface area contributed by atoms with Gasteiger partial charge in [-0.25, -0.2) is 14.1 Å². The lowest BCUT2D eigenvalue weighted by atomic mass is 10.1. The molecule has 7 heteroatoms. The molecule has 0 radical (unpaired) electrons. The Morgan fingerprint density at radius 1 is 1.04 bits per heavy atom. The van der Waals surface area contributed by atoms with Gasteiger partial charge >= 0.3 is 0 Å². The topological polar surface area (TPSA) is 82.6 Å². The van der Waals surface area contributed by atoms with E-state index in [1.54, 1.807) is 18.3 Å². The van der Waals surface area contributed by atoms with Gasteiger partial charge in [0, 0.05) is 23.9 Å². The van der Waals surface area contributed by atoms with Gasteiger partial charge in [0.1, 0.15) is 4.83 Å². The summed E-state index contributed by atoms with van der Waals surface area (Å²) < 4.78 is 1.53. The molecule has 2 aromatic heterocycles. The van der Waals surface area contributed by atoms with E-state index in [-0.39, 0.29) is 11.2 Å². The molecule has 2 aromatic carbocycles. The molecule has 0 aliphatic rings. The Labute approximate surface area is 146 Å². The average molecular weight is 351 g/mol. The number of fused-ring (bicyclic) bond motifs is 1. The Kier molecular flexibility index (Phi) is 3.90. The van der Waals surface area contributed by atoms with Crippen LogP contribution in [0.25, 0.3) is 27.0 Å². The maximum absolute atomic E-state index is 12.7. The van der Waals surface area contributed by atoms with Crippen LogP contribution in [0.5, 0.6) is 0 Å². The van der Waals surface area contributed by atoms with E-state index in [4.69, 9.17) is 5.21 Å². The van der Waals surface area contributed by atoms with Crippen LogP contribution < -0.4 is 10.8 Å². The zero-order valence-corrected chi connectivity index (χ0v) is 13.7. The van der Waals surface area contributed by atoms with Crippen LogP contribution >= 0.6 is 11.5 Å². The second-order valence-electron chi connectivity index (χ2n) is 5.49. The summed E-state index contributed by atoms with van der Waals surface area (Å²) >= 11 is 1.24. The van der Waals surface area contributed by atoms with Gasteiger partial charge in [-0.15, -0.1) is 0 Å². The monoisotopic (exact) mass is 351 g/mol. The quantitative estimate of drug-likeness (QED) is 0.556. The van der Waals surface area contributed by atoms with E-state index in [9.17, 15) is 10.0 Å². The SMILES string of the molecule is O=c1c2cc(-c3ccccc3)cnc2sn1-c1ccc([NH+]([O-])O)cc1. The summed E-state index contributed by atoms with van der Waals surface area (Å²) in [5, 5.41) is 19.5. The Bertz CT molecular complexity index is 1090. The number of nitrogens with one attached hydrogen (secondary N) is 1. The van der Waals surface area contributed by atoms with E-state index in [1.807, 2.05) is 36.4 Å². The molecule has 4 rings (SSSR count). The number of rotatable bonds is 3. The van der Waals surface area contributed by atoms with Gasteiger partial charge in [-0.2, -0.15) is 5.23 Å². The van der Waals surface area contributed by atoms with Crippen molar-refractivity contribution in [3.05, 3.63) is 82.4 Å². The molecule has 0 amide bonds. The molecule has 0 spiro atoms. The van der Waals surface area contributed by atoms with Crippen molar-refractivity contribution in [2.75, 3.05) is 0 Å². The van der Waals surface area contributed by atoms with Crippen LogP contribution in [0.3, 0.4) is 0 Å². The van der Waals surface area contributed by atoms with Crippen LogP contribution in [0, 0.1) is 5.21 Å². The van der Waals surface area contributed by atoms with Crippen molar-refractivity contribution < 1.29 is 10.4 Å². The normalized spacial score (nSPS) is 12.4. The highest BCUT2D eigenvalue weighted by molar-refractivity contribution is 7.13. The number of hydrogen-bond donors (Lipinski definition) is 2. The van der Waals surface area contributed by atoms with Gasteiger partial charge in [-0.3, -0.25) is 4.79 Å². The lowest BCUT2D eigenvalue weighted by Crippen LogP contribution is -2.99. The number of nitrogens with zero attached hydrogens (tertiary/aromatic N) is 2. The zero-order chi connectivity index (χ0) is 17.4. The molecule has 0 fully saturated rings. The fourth-order valence-electron chi connectivity index (χ4n) is 2.61. The Hall–Kier alpha value is -2.84. The standard InChI is InChI=1S/C18H13N3O3S/c22-18-16-10-13(12-4-2-1-3-5-12)11-19-17(16)25-20(18)14-6-8-15(9-7-14)21(23)24/h1-11,21,23H. The first kappa shape index (κ1) is 15.7. The number of hydrogen-bond acceptors (Lipinski definition) is 5. The first-order valence-electron chi connectivity index (χ1n) is 7.55. The molecule has 25 heavy (non-hydrogen) atoms. The number of pyridine rings is 1. The number of aromatic nitrogens is 2. The molecule has 0 bridgehead atoms. The van der Waals surface area contributed by atoms with Crippen molar-refractivity contribution >= 4 is 27.4 Å². The fourth-order valence-corrected chi connectivity index (χ4v) is 3.54. The molecule has 6 nitrogen and oxygen atoms in total. The lowest BCUT2D eigenvalue weighted by Gasteiger charge is -2.11. The highest BCUT2D eigenvalue weighted by atomic mass is 32.1. The van der Waals surface area contributed by atoms with Gasteiger partial charge in [0.25, 0.3) is 5.56 Å². The highest BCUT2D eigenvalue weighted by Crippen LogP contribution is 2.24. The summed E-state index contributed by atoms with van der Waals surface area (Å²) in [6.45, 7) is 0. The first-order chi connectivity index (χ1) is 12.1. The van der Waals surface area contributed by atoms with E-state index in [2.05, 4.69) is 4.98 Å². The molecule has 124 valence electrons. The third-order valence-corrected chi connectivity index (χ3v) is 4.96. The Morgan fingerprint density at radius 2 is 1.76 bits per heavy atom. The summed E-state index contributed by atoms with van der Waals surface area (Å²) in [6, 6.07) is 17.8. The smallest absolute Gasteiger partial charge is 0.274 e. The van der Waals surface area contributed by atoms with Gasteiger partial charge in [0.15, 0.2) is 5.69 Å². The van der Waals surface area contributed by atoms with Gasteiger partial charge in [-0.05, 0) is 35.3 Å². The largest absolute Gasteiger partial charge is 0.595 e. The predicted octanol–water partition coefficient (Wildman–Crippen LogP) is 2.52. The van der Waals surface area contributed by atoms with Crippen molar-refractivity contribution in [3.63, 3.8) is 0 Å². The number of benzene rings is 2. The van der Waals surface area contributed by atoms with Crippen LogP contribution in [-0.4, -0.2) is 14.1 Å². The molecule has 0 saturated heterocycles. The Morgan fingerprint density at radius 3 is 2.44 bits per heavy atom. The molecule has 2 heterocycles. The molecule has 1 unspecified atom stereocenters. The van der Waals surface area contributed by atoms with Crippen molar-refractivity contribution in [1.82, 2.24) is 8.94 Å². The van der Waals surface area contributed by atoms with Crippen molar-refractivity contribution in [2.24, 2.45) is 0 Å². The molecule has 2 N–H and O–H groups in total. The fraction of sp³-hybridized carbons (Fsp3) is 0. The van der Waals surface area contributed by atoms with Gasteiger partial charge in [0.05, 0.1) is 11.1 Å². The minimum atomic E-state index is -0.996. The van der Waals surface area contributed by atoms with E-state index in [0.29, 0.717) is 15.9 Å². The summed E-state index contributed by atoms with van der Waals surface area (Å²) in [5.74, 6) is 0. The first-order valence-corrected chi connectivity index (χ1v) is 8.32. The Balaban J connectivity index is 1.81. The molecule has 1 atom stereocenters. The van der Waals surface area contributed by atoms with Crippen LogP contribution in [0.1, 0.15) is 0 Å². The van der Waals surface area contributed by atoms with E-state index >= 15 is 0 Å². The highest BCUT2D eigenvalue weighted by Gasteiger charge is 2.12. The summed E-state index contributed by atoms with van der Waals surface area (Å²) in [7, 11) is 0. The van der Waals surface area contributed by atoms with Crippen LogP contribution in [0.2, 0.25) is 0 Å². The second-order valence-corrected chi connectivity index (χ2v) is 6.42. The van der Waals surface area contributed by atoms with Gasteiger partial charge in [-0.1, -0.05) is 30.3 Å². The maximum atomic E-state index is 12.7. The van der Waals surface area contributed by atoms with Crippen molar-refractivity contribution in [2.45, 2.75) is 0 Å². The second kappa shape index (κ2) is 6.23. The number of quaternary nitrogens is 1. The maximum Gasteiger partial charge on any atom is 0.274 e. The summed E-state index contributed by atoms with van der Waals surface area (Å²) in [4.78, 5) is 17.8. The third-order valence-electron chi connectivity index (χ3n) is 3.90. The molecular formula is C18H13N3O3S. The van der Waals surface area contributed by atoms with E-state index in [0.717, 1.165) is 11.1 Å². The van der Waals surface area contributed by atoms with Crippen molar-refractivity contribution in [1.29, 1.82) is 0 Å². The van der Waals surface area contributed by atoms with E-state index < -0.39 is 5.23 Å². The predicted molar refractivity (Wildman–Crippen MR) is 96.4 cm³/mol. The third kappa shape index (κ3) is 2.86. The van der Waals surface area contributed by atoms with Crippen LogP contribution in [-0.2, 0) is 0 Å². The van der Waals surface area contributed by atoms with E-state index in [1.165, 1.54) is 27.6 Å². The lowest BCUT2D eigenvalue weighted by molar-refractivity contribution is -0.991. The van der Waals surface area contributed by atoms with Crippen LogP contribution in [0.15, 0.2) is 71.7 Å². The van der Waals surface area contributed by atoms with Crippen molar-refractivity contribution in [3.8, 4) is 16.8 Å².